The van der Waals surface area contributed by atoms with Gasteiger partial charge >= 0.3 is 0 Å². The van der Waals surface area contributed by atoms with Gasteiger partial charge in [-0.25, -0.2) is 13.8 Å². The van der Waals surface area contributed by atoms with E-state index >= 15 is 0 Å². The van der Waals surface area contributed by atoms with E-state index in [2.05, 4.69) is 15.5 Å². The van der Waals surface area contributed by atoms with Gasteiger partial charge in [0.15, 0.2) is 5.52 Å². The van der Waals surface area contributed by atoms with Crippen LogP contribution in [0, 0.1) is 19.7 Å². The zero-order valence-electron chi connectivity index (χ0n) is 17.3. The number of rotatable bonds is 6. The van der Waals surface area contributed by atoms with Crippen molar-refractivity contribution in [2.75, 3.05) is 0 Å². The highest BCUT2D eigenvalue weighted by atomic mass is 19.1. The average molecular weight is 419 g/mol. The molecule has 31 heavy (non-hydrogen) atoms. The number of halogens is 1. The Labute approximate surface area is 178 Å². The average Bonchev–Trinajstić information content (AvgIpc) is 3.13. The van der Waals surface area contributed by atoms with E-state index in [0.29, 0.717) is 17.8 Å². The third-order valence-corrected chi connectivity index (χ3v) is 5.14. The standard InChI is InChI=1S/C23H22FN5O2/c1-15-21-16(2)29(19-6-4-3-5-7-19)27-22(21)23(31)28(26-15)13-12-20(30)25-14-17-8-10-18(24)11-9-17/h3-11H,12-14H2,1-2H3,(H,25,30). The number of para-hydroxylation sites is 1. The number of nitrogens with zero attached hydrogens (tertiary/aromatic N) is 4. The largest absolute Gasteiger partial charge is 0.352 e. The van der Waals surface area contributed by atoms with Crippen molar-refractivity contribution < 1.29 is 9.18 Å². The molecule has 0 aliphatic rings. The second kappa shape index (κ2) is 8.51. The monoisotopic (exact) mass is 419 g/mol. The number of aromatic nitrogens is 4. The summed E-state index contributed by atoms with van der Waals surface area (Å²) in [7, 11) is 0. The Bertz CT molecular complexity index is 1290. The van der Waals surface area contributed by atoms with Crippen LogP contribution >= 0.6 is 0 Å². The Morgan fingerprint density at radius 3 is 2.45 bits per heavy atom. The fourth-order valence-electron chi connectivity index (χ4n) is 3.55. The Morgan fingerprint density at radius 1 is 1.03 bits per heavy atom. The molecule has 8 heteroatoms. The molecular formula is C23H22FN5O2. The van der Waals surface area contributed by atoms with Crippen LogP contribution in [-0.4, -0.2) is 25.5 Å². The van der Waals surface area contributed by atoms with Crippen molar-refractivity contribution in [2.45, 2.75) is 33.4 Å². The van der Waals surface area contributed by atoms with Crippen LogP contribution in [-0.2, 0) is 17.9 Å². The quantitative estimate of drug-likeness (QED) is 0.521. The van der Waals surface area contributed by atoms with Gasteiger partial charge in [0.2, 0.25) is 5.91 Å². The summed E-state index contributed by atoms with van der Waals surface area (Å²) in [6.45, 7) is 4.17. The van der Waals surface area contributed by atoms with Crippen LogP contribution in [0.1, 0.15) is 23.4 Å². The van der Waals surface area contributed by atoms with E-state index in [1.165, 1.54) is 16.8 Å². The molecule has 0 spiro atoms. The number of benzene rings is 2. The number of aryl methyl sites for hydroxylation is 3. The first-order chi connectivity index (χ1) is 14.9. The van der Waals surface area contributed by atoms with Crippen LogP contribution in [0.2, 0.25) is 0 Å². The van der Waals surface area contributed by atoms with E-state index in [1.807, 2.05) is 44.2 Å². The van der Waals surface area contributed by atoms with Crippen LogP contribution in [0.4, 0.5) is 4.39 Å². The van der Waals surface area contributed by atoms with Crippen molar-refractivity contribution in [3.8, 4) is 5.69 Å². The van der Waals surface area contributed by atoms with Gasteiger partial charge in [-0.05, 0) is 43.7 Å². The molecule has 0 saturated heterocycles. The number of hydrogen-bond donors (Lipinski definition) is 1. The van der Waals surface area contributed by atoms with Gasteiger partial charge in [0, 0.05) is 13.0 Å². The maximum atomic E-state index is 13.0. The summed E-state index contributed by atoms with van der Waals surface area (Å²) in [5, 5.41) is 12.4. The molecule has 0 aliphatic carbocycles. The molecule has 0 unspecified atom stereocenters. The highest BCUT2D eigenvalue weighted by Crippen LogP contribution is 2.20. The third kappa shape index (κ3) is 4.23. The summed E-state index contributed by atoms with van der Waals surface area (Å²) in [4.78, 5) is 25.2. The van der Waals surface area contributed by atoms with E-state index in [4.69, 9.17) is 0 Å². The summed E-state index contributed by atoms with van der Waals surface area (Å²) < 4.78 is 16.0. The maximum absolute atomic E-state index is 13.0. The maximum Gasteiger partial charge on any atom is 0.295 e. The van der Waals surface area contributed by atoms with Gasteiger partial charge in [-0.1, -0.05) is 30.3 Å². The van der Waals surface area contributed by atoms with Gasteiger partial charge in [0.1, 0.15) is 5.82 Å². The van der Waals surface area contributed by atoms with Crippen molar-refractivity contribution in [2.24, 2.45) is 0 Å². The lowest BCUT2D eigenvalue weighted by Crippen LogP contribution is -2.29. The van der Waals surface area contributed by atoms with Gasteiger partial charge in [-0.2, -0.15) is 10.2 Å². The Hall–Kier alpha value is -3.81. The van der Waals surface area contributed by atoms with E-state index in [0.717, 1.165) is 22.3 Å². The predicted octanol–water partition coefficient (Wildman–Crippen LogP) is 3.04. The fraction of sp³-hybridized carbons (Fsp3) is 0.217. The fourth-order valence-corrected chi connectivity index (χ4v) is 3.55. The van der Waals surface area contributed by atoms with Crippen LogP contribution < -0.4 is 10.9 Å². The second-order valence-corrected chi connectivity index (χ2v) is 7.32. The number of hydrogen-bond acceptors (Lipinski definition) is 4. The molecule has 158 valence electrons. The first-order valence-electron chi connectivity index (χ1n) is 9.97. The van der Waals surface area contributed by atoms with Crippen molar-refractivity contribution >= 4 is 16.8 Å². The number of amides is 1. The minimum absolute atomic E-state index is 0.0947. The van der Waals surface area contributed by atoms with E-state index in [9.17, 15) is 14.0 Å². The lowest BCUT2D eigenvalue weighted by atomic mass is 10.2. The lowest BCUT2D eigenvalue weighted by Gasteiger charge is -2.08. The lowest BCUT2D eigenvalue weighted by molar-refractivity contribution is -0.121. The van der Waals surface area contributed by atoms with Crippen LogP contribution in [0.3, 0.4) is 0 Å². The summed E-state index contributed by atoms with van der Waals surface area (Å²) in [6.07, 6.45) is 0.0947. The highest BCUT2D eigenvalue weighted by Gasteiger charge is 2.17. The summed E-state index contributed by atoms with van der Waals surface area (Å²) in [6, 6.07) is 15.5. The van der Waals surface area contributed by atoms with E-state index < -0.39 is 0 Å². The molecular weight excluding hydrogens is 397 g/mol. The Balaban J connectivity index is 1.52. The molecule has 1 N–H and O–H groups in total. The number of nitrogens with one attached hydrogen (secondary N) is 1. The molecule has 0 radical (unpaired) electrons. The molecule has 0 atom stereocenters. The van der Waals surface area contributed by atoms with E-state index in [-0.39, 0.29) is 30.2 Å². The molecule has 0 bridgehead atoms. The molecule has 0 aliphatic heterocycles. The van der Waals surface area contributed by atoms with Crippen LogP contribution in [0.15, 0.2) is 59.4 Å². The smallest absolute Gasteiger partial charge is 0.295 e. The number of carbonyl (C=O) groups is 1. The molecule has 7 nitrogen and oxygen atoms in total. The summed E-state index contributed by atoms with van der Waals surface area (Å²) in [5.41, 5.74) is 3.18. The topological polar surface area (TPSA) is 81.8 Å². The highest BCUT2D eigenvalue weighted by molar-refractivity contribution is 5.83. The first-order valence-corrected chi connectivity index (χ1v) is 9.97. The zero-order valence-corrected chi connectivity index (χ0v) is 17.3. The molecule has 2 aromatic carbocycles. The minimum Gasteiger partial charge on any atom is -0.352 e. The number of fused-ring (bicyclic) bond motifs is 1. The molecule has 4 aromatic rings. The van der Waals surface area contributed by atoms with Crippen molar-refractivity contribution in [1.29, 1.82) is 0 Å². The molecule has 0 saturated carbocycles. The minimum atomic E-state index is -0.329. The van der Waals surface area contributed by atoms with Crippen LogP contribution in [0.5, 0.6) is 0 Å². The van der Waals surface area contributed by atoms with Gasteiger partial charge < -0.3 is 5.32 Å². The van der Waals surface area contributed by atoms with E-state index in [1.54, 1.807) is 16.8 Å². The van der Waals surface area contributed by atoms with Gasteiger partial charge in [-0.15, -0.1) is 0 Å². The molecule has 4 rings (SSSR count). The SMILES string of the molecule is Cc1nn(CCC(=O)NCc2ccc(F)cc2)c(=O)c2nn(-c3ccccc3)c(C)c12. The second-order valence-electron chi connectivity index (χ2n) is 7.32. The van der Waals surface area contributed by atoms with Crippen molar-refractivity contribution in [3.63, 3.8) is 0 Å². The first kappa shape index (κ1) is 20.5. The van der Waals surface area contributed by atoms with Crippen molar-refractivity contribution in [1.82, 2.24) is 24.9 Å². The predicted molar refractivity (Wildman–Crippen MR) is 115 cm³/mol. The zero-order chi connectivity index (χ0) is 22.0. The summed E-state index contributed by atoms with van der Waals surface area (Å²) >= 11 is 0. The van der Waals surface area contributed by atoms with Crippen LogP contribution in [0.25, 0.3) is 16.6 Å². The third-order valence-electron chi connectivity index (χ3n) is 5.14. The normalized spacial score (nSPS) is 11.1. The van der Waals surface area contributed by atoms with Gasteiger partial charge in [0.05, 0.1) is 29.0 Å². The van der Waals surface area contributed by atoms with Crippen molar-refractivity contribution in [3.05, 3.63) is 87.7 Å². The molecule has 2 aromatic heterocycles. The molecule has 0 fully saturated rings. The molecule has 1 amide bonds. The number of carbonyl (C=O) groups excluding carboxylic acids is 1. The molecule has 2 heterocycles. The Kier molecular flexibility index (Phi) is 5.62. The van der Waals surface area contributed by atoms with Gasteiger partial charge in [-0.3, -0.25) is 9.59 Å². The summed E-state index contributed by atoms with van der Waals surface area (Å²) in [5.74, 6) is -0.544. The Morgan fingerprint density at radius 2 is 1.74 bits per heavy atom. The van der Waals surface area contributed by atoms with Gasteiger partial charge in [0.25, 0.3) is 5.56 Å².